The van der Waals surface area contributed by atoms with E-state index in [9.17, 15) is 0 Å². The van der Waals surface area contributed by atoms with E-state index < -0.39 is 0 Å². The highest BCUT2D eigenvalue weighted by Crippen LogP contribution is 2.23. The molecule has 15 heavy (non-hydrogen) atoms. The van der Waals surface area contributed by atoms with Gasteiger partial charge in [-0.05, 0) is 42.7 Å². The number of methoxy groups -OCH3 is 1. The molecule has 2 nitrogen and oxygen atoms in total. The maximum Gasteiger partial charge on any atom is 0.121 e. The number of nitrogens with zero attached hydrogens (tertiary/aromatic N) is 1. The summed E-state index contributed by atoms with van der Waals surface area (Å²) in [4.78, 5) is 0. The standard InChI is InChI=1S/C13H15NO/c1-4-5-12(9-14)11-6-7-13(15-3)10(2)8-11/h5-8H,4H2,1-3H3/b12-5+. The first-order chi connectivity index (χ1) is 7.22. The molecule has 2 heteroatoms. The van der Waals surface area contributed by atoms with Crippen molar-refractivity contribution in [1.29, 1.82) is 5.26 Å². The van der Waals surface area contributed by atoms with Gasteiger partial charge in [-0.1, -0.05) is 13.0 Å². The predicted molar refractivity (Wildman–Crippen MR) is 61.6 cm³/mol. The zero-order chi connectivity index (χ0) is 11.3. The lowest BCUT2D eigenvalue weighted by atomic mass is 10.0. The highest BCUT2D eigenvalue weighted by atomic mass is 16.5. The van der Waals surface area contributed by atoms with Crippen LogP contribution in [0, 0.1) is 18.3 Å². The number of ether oxygens (including phenoxy) is 1. The Morgan fingerprint density at radius 1 is 1.53 bits per heavy atom. The Morgan fingerprint density at radius 2 is 2.27 bits per heavy atom. The predicted octanol–water partition coefficient (Wildman–Crippen LogP) is 3.32. The van der Waals surface area contributed by atoms with Gasteiger partial charge in [-0.25, -0.2) is 0 Å². The van der Waals surface area contributed by atoms with Crippen molar-refractivity contribution in [1.82, 2.24) is 0 Å². The minimum absolute atomic E-state index is 0.725. The molecule has 0 aliphatic rings. The Bertz CT molecular complexity index is 413. The Morgan fingerprint density at radius 3 is 2.73 bits per heavy atom. The van der Waals surface area contributed by atoms with Crippen molar-refractivity contribution in [3.05, 3.63) is 35.4 Å². The topological polar surface area (TPSA) is 33.0 Å². The van der Waals surface area contributed by atoms with E-state index in [4.69, 9.17) is 10.00 Å². The van der Waals surface area contributed by atoms with Crippen LogP contribution in [-0.2, 0) is 0 Å². The van der Waals surface area contributed by atoms with E-state index in [-0.39, 0.29) is 0 Å². The minimum atomic E-state index is 0.725. The van der Waals surface area contributed by atoms with Crippen LogP contribution in [0.2, 0.25) is 0 Å². The molecule has 0 N–H and O–H groups in total. The number of benzene rings is 1. The monoisotopic (exact) mass is 201 g/mol. The SMILES string of the molecule is CC/C=C(\C#N)c1ccc(OC)c(C)c1. The second-order valence-corrected chi connectivity index (χ2v) is 3.32. The minimum Gasteiger partial charge on any atom is -0.496 e. The zero-order valence-corrected chi connectivity index (χ0v) is 9.37. The van der Waals surface area contributed by atoms with Gasteiger partial charge in [0.25, 0.3) is 0 Å². The van der Waals surface area contributed by atoms with Crippen LogP contribution in [0.4, 0.5) is 0 Å². The first kappa shape index (κ1) is 11.3. The van der Waals surface area contributed by atoms with Gasteiger partial charge in [0.2, 0.25) is 0 Å². The van der Waals surface area contributed by atoms with Gasteiger partial charge in [0.1, 0.15) is 5.75 Å². The second-order valence-electron chi connectivity index (χ2n) is 3.32. The molecule has 0 radical (unpaired) electrons. The zero-order valence-electron chi connectivity index (χ0n) is 9.37. The van der Waals surface area contributed by atoms with Crippen molar-refractivity contribution in [3.8, 4) is 11.8 Å². The molecule has 0 fully saturated rings. The summed E-state index contributed by atoms with van der Waals surface area (Å²) in [6.45, 7) is 4.00. The van der Waals surface area contributed by atoms with Crippen molar-refractivity contribution < 1.29 is 4.74 Å². The van der Waals surface area contributed by atoms with E-state index in [1.54, 1.807) is 7.11 Å². The number of allylic oxidation sites excluding steroid dienone is 2. The average molecular weight is 201 g/mol. The van der Waals surface area contributed by atoms with E-state index in [0.717, 1.165) is 28.9 Å². The number of hydrogen-bond acceptors (Lipinski definition) is 2. The van der Waals surface area contributed by atoms with Crippen molar-refractivity contribution in [2.45, 2.75) is 20.3 Å². The summed E-state index contributed by atoms with van der Waals surface area (Å²) in [5, 5.41) is 8.98. The Kier molecular flexibility index (Phi) is 3.93. The molecule has 0 saturated heterocycles. The number of rotatable bonds is 3. The number of aryl methyl sites for hydroxylation is 1. The highest BCUT2D eigenvalue weighted by Gasteiger charge is 2.03. The van der Waals surface area contributed by atoms with Crippen LogP contribution in [-0.4, -0.2) is 7.11 Å². The summed E-state index contributed by atoms with van der Waals surface area (Å²) >= 11 is 0. The van der Waals surface area contributed by atoms with E-state index in [1.807, 2.05) is 38.1 Å². The highest BCUT2D eigenvalue weighted by molar-refractivity contribution is 5.77. The summed E-state index contributed by atoms with van der Waals surface area (Å²) in [5.41, 5.74) is 2.73. The number of nitriles is 1. The molecule has 1 rings (SSSR count). The lowest BCUT2D eigenvalue weighted by molar-refractivity contribution is 0.411. The quantitative estimate of drug-likeness (QED) is 0.703. The van der Waals surface area contributed by atoms with Gasteiger partial charge in [0, 0.05) is 0 Å². The Labute approximate surface area is 90.8 Å². The van der Waals surface area contributed by atoms with Crippen LogP contribution < -0.4 is 4.74 Å². The molecule has 0 amide bonds. The molecule has 0 spiro atoms. The fourth-order valence-corrected chi connectivity index (χ4v) is 1.48. The van der Waals surface area contributed by atoms with Crippen LogP contribution in [0.1, 0.15) is 24.5 Å². The third-order valence-electron chi connectivity index (χ3n) is 2.23. The number of hydrogen-bond donors (Lipinski definition) is 0. The maximum atomic E-state index is 8.98. The first-order valence-electron chi connectivity index (χ1n) is 4.98. The molecular formula is C13H15NO. The molecule has 0 aromatic heterocycles. The van der Waals surface area contributed by atoms with Crippen LogP contribution in [0.15, 0.2) is 24.3 Å². The molecule has 0 aliphatic heterocycles. The normalized spacial score (nSPS) is 10.9. The molecule has 1 aromatic rings. The third-order valence-corrected chi connectivity index (χ3v) is 2.23. The summed E-state index contributed by atoms with van der Waals surface area (Å²) in [5.74, 6) is 0.854. The van der Waals surface area contributed by atoms with E-state index >= 15 is 0 Å². The summed E-state index contributed by atoms with van der Waals surface area (Å²) in [6.07, 6.45) is 2.80. The summed E-state index contributed by atoms with van der Waals surface area (Å²) in [6, 6.07) is 7.99. The van der Waals surface area contributed by atoms with Gasteiger partial charge in [0.05, 0.1) is 18.8 Å². The van der Waals surface area contributed by atoms with Gasteiger partial charge >= 0.3 is 0 Å². The van der Waals surface area contributed by atoms with Gasteiger partial charge in [-0.2, -0.15) is 5.26 Å². The molecule has 0 aliphatic carbocycles. The van der Waals surface area contributed by atoms with Crippen LogP contribution in [0.3, 0.4) is 0 Å². The van der Waals surface area contributed by atoms with Gasteiger partial charge in [-0.15, -0.1) is 0 Å². The van der Waals surface area contributed by atoms with Gasteiger partial charge in [-0.3, -0.25) is 0 Å². The van der Waals surface area contributed by atoms with Crippen molar-refractivity contribution >= 4 is 5.57 Å². The van der Waals surface area contributed by atoms with Gasteiger partial charge < -0.3 is 4.74 Å². The van der Waals surface area contributed by atoms with E-state index in [0.29, 0.717) is 0 Å². The fourth-order valence-electron chi connectivity index (χ4n) is 1.48. The van der Waals surface area contributed by atoms with Gasteiger partial charge in [0.15, 0.2) is 0 Å². The Hall–Kier alpha value is -1.75. The van der Waals surface area contributed by atoms with Crippen LogP contribution in [0.25, 0.3) is 5.57 Å². The van der Waals surface area contributed by atoms with Crippen LogP contribution in [0.5, 0.6) is 5.75 Å². The lowest BCUT2D eigenvalue weighted by Crippen LogP contribution is -1.89. The average Bonchev–Trinajstić information content (AvgIpc) is 2.25. The van der Waals surface area contributed by atoms with E-state index in [1.165, 1.54) is 0 Å². The van der Waals surface area contributed by atoms with Crippen molar-refractivity contribution in [3.63, 3.8) is 0 Å². The molecule has 0 saturated carbocycles. The third kappa shape index (κ3) is 2.60. The molecule has 78 valence electrons. The molecule has 0 unspecified atom stereocenters. The lowest BCUT2D eigenvalue weighted by Gasteiger charge is -2.06. The molecular weight excluding hydrogens is 186 g/mol. The summed E-state index contributed by atoms with van der Waals surface area (Å²) < 4.78 is 5.17. The van der Waals surface area contributed by atoms with Crippen molar-refractivity contribution in [2.75, 3.05) is 7.11 Å². The summed E-state index contributed by atoms with van der Waals surface area (Å²) in [7, 11) is 1.65. The molecule has 0 atom stereocenters. The first-order valence-corrected chi connectivity index (χ1v) is 4.98. The second kappa shape index (κ2) is 5.21. The van der Waals surface area contributed by atoms with Crippen LogP contribution >= 0.6 is 0 Å². The molecule has 1 aromatic carbocycles. The Balaban J connectivity index is 3.12. The largest absolute Gasteiger partial charge is 0.496 e. The molecule has 0 bridgehead atoms. The maximum absolute atomic E-state index is 8.98. The van der Waals surface area contributed by atoms with Crippen molar-refractivity contribution in [2.24, 2.45) is 0 Å². The smallest absolute Gasteiger partial charge is 0.121 e. The van der Waals surface area contributed by atoms with E-state index in [2.05, 4.69) is 6.07 Å². The molecule has 0 heterocycles. The fraction of sp³-hybridized carbons (Fsp3) is 0.308.